The molecule has 4 nitrogen and oxygen atoms in total. The lowest BCUT2D eigenvalue weighted by atomic mass is 10.0. The third-order valence-corrected chi connectivity index (χ3v) is 5.62. The fourth-order valence-electron chi connectivity index (χ4n) is 2.65. The van der Waals surface area contributed by atoms with E-state index in [4.69, 9.17) is 4.74 Å². The van der Waals surface area contributed by atoms with E-state index in [2.05, 4.69) is 4.72 Å². The van der Waals surface area contributed by atoms with Crippen LogP contribution < -0.4 is 9.46 Å². The largest absolute Gasteiger partial charge is 0.497 e. The number of hydrogen-bond acceptors (Lipinski definition) is 3. The highest BCUT2D eigenvalue weighted by Gasteiger charge is 2.35. The molecule has 2 aromatic rings. The minimum atomic E-state index is -3.54. The van der Waals surface area contributed by atoms with Crippen molar-refractivity contribution in [1.29, 1.82) is 0 Å². The third kappa shape index (κ3) is 3.74. The molecule has 0 spiro atoms. The van der Waals surface area contributed by atoms with Crippen molar-refractivity contribution >= 4 is 10.0 Å². The van der Waals surface area contributed by atoms with E-state index in [0.29, 0.717) is 10.8 Å². The molecule has 1 aliphatic rings. The summed E-state index contributed by atoms with van der Waals surface area (Å²) in [7, 11) is -1.93. The van der Waals surface area contributed by atoms with Gasteiger partial charge < -0.3 is 4.74 Å². The smallest absolute Gasteiger partial charge is 0.241 e. The molecule has 5 heteroatoms. The van der Waals surface area contributed by atoms with Crippen molar-refractivity contribution in [2.45, 2.75) is 30.7 Å². The van der Waals surface area contributed by atoms with Gasteiger partial charge in [-0.3, -0.25) is 0 Å². The molecule has 0 bridgehead atoms. The van der Waals surface area contributed by atoms with E-state index in [1.54, 1.807) is 19.2 Å². The average molecular weight is 331 g/mol. The second-order valence-electron chi connectivity index (χ2n) is 6.03. The summed E-state index contributed by atoms with van der Waals surface area (Å²) in [5, 5.41) is 0. The number of ether oxygens (including phenoxy) is 1. The highest BCUT2D eigenvalue weighted by atomic mass is 32.2. The van der Waals surface area contributed by atoms with Crippen LogP contribution in [0.5, 0.6) is 5.75 Å². The molecule has 2 aromatic carbocycles. The molecule has 0 radical (unpaired) electrons. The van der Waals surface area contributed by atoms with Gasteiger partial charge in [0.05, 0.1) is 12.0 Å². The molecule has 1 aliphatic carbocycles. The first kappa shape index (κ1) is 16.0. The molecular formula is C18H21NO3S. The van der Waals surface area contributed by atoms with Crippen LogP contribution in [0.1, 0.15) is 30.0 Å². The maximum Gasteiger partial charge on any atom is 0.241 e. The zero-order valence-electron chi connectivity index (χ0n) is 13.3. The number of methoxy groups -OCH3 is 1. The summed E-state index contributed by atoms with van der Waals surface area (Å²) < 4.78 is 33.5. The molecule has 1 atom stereocenters. The second-order valence-corrected chi connectivity index (χ2v) is 7.74. The van der Waals surface area contributed by atoms with Crippen molar-refractivity contribution < 1.29 is 13.2 Å². The van der Waals surface area contributed by atoms with Crippen LogP contribution in [0.3, 0.4) is 0 Å². The topological polar surface area (TPSA) is 55.4 Å². The van der Waals surface area contributed by atoms with E-state index >= 15 is 0 Å². The van der Waals surface area contributed by atoms with Crippen LogP contribution in [0, 0.1) is 12.8 Å². The molecule has 1 saturated carbocycles. The molecule has 0 aromatic heterocycles. The summed E-state index contributed by atoms with van der Waals surface area (Å²) in [4.78, 5) is 0.302. The van der Waals surface area contributed by atoms with Gasteiger partial charge in [0.25, 0.3) is 0 Å². The molecule has 1 fully saturated rings. The number of rotatable bonds is 6. The van der Waals surface area contributed by atoms with E-state index in [0.717, 1.165) is 29.7 Å². The number of sulfonamides is 1. The fourth-order valence-corrected chi connectivity index (χ4v) is 3.95. The quantitative estimate of drug-likeness (QED) is 0.882. The molecule has 0 unspecified atom stereocenters. The van der Waals surface area contributed by atoms with Gasteiger partial charge in [-0.15, -0.1) is 0 Å². The second kappa shape index (κ2) is 6.34. The first-order valence-corrected chi connectivity index (χ1v) is 9.21. The summed E-state index contributed by atoms with van der Waals surface area (Å²) >= 11 is 0. The highest BCUT2D eigenvalue weighted by Crippen LogP contribution is 2.42. The van der Waals surface area contributed by atoms with Crippen molar-refractivity contribution in [1.82, 2.24) is 4.72 Å². The van der Waals surface area contributed by atoms with Crippen LogP contribution in [0.4, 0.5) is 0 Å². The van der Waals surface area contributed by atoms with Crippen molar-refractivity contribution in [3.8, 4) is 5.75 Å². The van der Waals surface area contributed by atoms with E-state index in [-0.39, 0.29) is 6.04 Å². The first-order valence-electron chi connectivity index (χ1n) is 7.72. The molecule has 3 rings (SSSR count). The molecular weight excluding hydrogens is 310 g/mol. The predicted molar refractivity (Wildman–Crippen MR) is 90.0 cm³/mol. The van der Waals surface area contributed by atoms with Gasteiger partial charge in [0.15, 0.2) is 0 Å². The SMILES string of the molecule is COc1cccc([C@@H](NS(=O)(=O)c2ccc(C)cc2)C2CC2)c1. The summed E-state index contributed by atoms with van der Waals surface area (Å²) in [5.74, 6) is 1.09. The Bertz CT molecular complexity index is 780. The molecule has 122 valence electrons. The number of aryl methyl sites for hydroxylation is 1. The third-order valence-electron chi connectivity index (χ3n) is 4.16. The standard InChI is InChI=1S/C18H21NO3S/c1-13-6-10-17(11-7-13)23(20,21)19-18(14-8-9-14)15-4-3-5-16(12-15)22-2/h3-7,10-12,14,18-19H,8-9H2,1-2H3/t18-/m0/s1. The Morgan fingerprint density at radius 1 is 1.13 bits per heavy atom. The Balaban J connectivity index is 1.88. The van der Waals surface area contributed by atoms with Crippen molar-refractivity contribution in [2.24, 2.45) is 5.92 Å². The zero-order valence-corrected chi connectivity index (χ0v) is 14.1. The zero-order chi connectivity index (χ0) is 16.4. The fraction of sp³-hybridized carbons (Fsp3) is 0.333. The Morgan fingerprint density at radius 2 is 1.83 bits per heavy atom. The number of hydrogen-bond donors (Lipinski definition) is 1. The molecule has 0 heterocycles. The number of benzene rings is 2. The summed E-state index contributed by atoms with van der Waals surface area (Å²) in [6, 6.07) is 14.3. The maximum atomic E-state index is 12.7. The van der Waals surface area contributed by atoms with Gasteiger partial charge in [-0.05, 0) is 55.5 Å². The number of nitrogens with one attached hydrogen (secondary N) is 1. The molecule has 1 N–H and O–H groups in total. The van der Waals surface area contributed by atoms with Crippen LogP contribution in [-0.4, -0.2) is 15.5 Å². The van der Waals surface area contributed by atoms with E-state index in [1.807, 2.05) is 43.3 Å². The van der Waals surface area contributed by atoms with Crippen LogP contribution >= 0.6 is 0 Å². The van der Waals surface area contributed by atoms with Gasteiger partial charge in [-0.25, -0.2) is 13.1 Å². The molecule has 0 amide bonds. The predicted octanol–water partition coefficient (Wildman–Crippen LogP) is 3.43. The van der Waals surface area contributed by atoms with E-state index < -0.39 is 10.0 Å². The average Bonchev–Trinajstić information content (AvgIpc) is 3.38. The Morgan fingerprint density at radius 3 is 2.43 bits per heavy atom. The summed E-state index contributed by atoms with van der Waals surface area (Å²) in [6.07, 6.45) is 2.08. The molecule has 23 heavy (non-hydrogen) atoms. The lowest BCUT2D eigenvalue weighted by molar-refractivity contribution is 0.413. The van der Waals surface area contributed by atoms with Crippen molar-refractivity contribution in [3.05, 3.63) is 59.7 Å². The lowest BCUT2D eigenvalue weighted by Crippen LogP contribution is -2.30. The summed E-state index contributed by atoms with van der Waals surface area (Å²) in [5.41, 5.74) is 1.98. The van der Waals surface area contributed by atoms with Crippen LogP contribution in [0.2, 0.25) is 0 Å². The van der Waals surface area contributed by atoms with Gasteiger partial charge >= 0.3 is 0 Å². The van der Waals surface area contributed by atoms with E-state index in [1.165, 1.54) is 0 Å². The Labute approximate surface area is 137 Å². The minimum Gasteiger partial charge on any atom is -0.497 e. The summed E-state index contributed by atoms with van der Waals surface area (Å²) in [6.45, 7) is 1.94. The normalized spacial score (nSPS) is 16.1. The van der Waals surface area contributed by atoms with E-state index in [9.17, 15) is 8.42 Å². The van der Waals surface area contributed by atoms with Crippen LogP contribution in [-0.2, 0) is 10.0 Å². The van der Waals surface area contributed by atoms with Gasteiger partial charge in [-0.1, -0.05) is 29.8 Å². The van der Waals surface area contributed by atoms with Gasteiger partial charge in [0.2, 0.25) is 10.0 Å². The van der Waals surface area contributed by atoms with Gasteiger partial charge in [0, 0.05) is 6.04 Å². The monoisotopic (exact) mass is 331 g/mol. The molecule has 0 aliphatic heterocycles. The van der Waals surface area contributed by atoms with Crippen LogP contribution in [0.25, 0.3) is 0 Å². The van der Waals surface area contributed by atoms with Gasteiger partial charge in [-0.2, -0.15) is 0 Å². The van der Waals surface area contributed by atoms with Crippen LogP contribution in [0.15, 0.2) is 53.4 Å². The highest BCUT2D eigenvalue weighted by molar-refractivity contribution is 7.89. The van der Waals surface area contributed by atoms with Crippen molar-refractivity contribution in [3.63, 3.8) is 0 Å². The lowest BCUT2D eigenvalue weighted by Gasteiger charge is -2.19. The first-order chi connectivity index (χ1) is 11.0. The Kier molecular flexibility index (Phi) is 4.41. The minimum absolute atomic E-state index is 0.212. The van der Waals surface area contributed by atoms with Gasteiger partial charge in [0.1, 0.15) is 5.75 Å². The maximum absolute atomic E-state index is 12.7. The van der Waals surface area contributed by atoms with Crippen molar-refractivity contribution in [2.75, 3.05) is 7.11 Å². The molecule has 0 saturated heterocycles. The Hall–Kier alpha value is -1.85.